The number of carbonyl (C=O) groups excluding carboxylic acids is 2. The molecule has 0 radical (unpaired) electrons. The molecule has 0 bridgehead atoms. The summed E-state index contributed by atoms with van der Waals surface area (Å²) in [4.78, 5) is 30.7. The van der Waals surface area contributed by atoms with Crippen molar-refractivity contribution in [2.24, 2.45) is 10.9 Å². The van der Waals surface area contributed by atoms with Crippen LogP contribution in [0.15, 0.2) is 59.8 Å². The SMILES string of the molecule is CO/N=C1\C[C@@H](CC(N)=O)N(C(=O)c2ccc(-c3ccccc3)cc2)C1. The molecular formula is C20H21N3O3. The van der Waals surface area contributed by atoms with Crippen LogP contribution in [0.5, 0.6) is 0 Å². The third kappa shape index (κ3) is 3.91. The Kier molecular flexibility index (Phi) is 5.31. The van der Waals surface area contributed by atoms with Crippen LogP contribution in [0, 0.1) is 0 Å². The number of likely N-dealkylation sites (tertiary alicyclic amines) is 1. The van der Waals surface area contributed by atoms with Gasteiger partial charge in [-0.1, -0.05) is 47.6 Å². The van der Waals surface area contributed by atoms with Gasteiger partial charge >= 0.3 is 0 Å². The van der Waals surface area contributed by atoms with Gasteiger partial charge in [-0.3, -0.25) is 9.59 Å². The lowest BCUT2D eigenvalue weighted by Gasteiger charge is -2.23. The molecule has 1 saturated heterocycles. The smallest absolute Gasteiger partial charge is 0.254 e. The molecule has 6 nitrogen and oxygen atoms in total. The lowest BCUT2D eigenvalue weighted by atomic mass is 10.0. The Bertz CT molecular complexity index is 816. The molecule has 134 valence electrons. The summed E-state index contributed by atoms with van der Waals surface area (Å²) in [6.07, 6.45) is 0.598. The van der Waals surface area contributed by atoms with Crippen molar-refractivity contribution in [3.63, 3.8) is 0 Å². The standard InChI is InChI=1S/C20H21N3O3/c1-26-22-17-11-18(12-19(21)24)23(13-17)20(25)16-9-7-15(8-10-16)14-5-3-2-4-6-14/h2-10,18H,11-13H2,1H3,(H2,21,24)/b22-17+/t18-/m0/s1. The highest BCUT2D eigenvalue weighted by molar-refractivity contribution is 6.01. The number of hydrogen-bond acceptors (Lipinski definition) is 4. The molecule has 26 heavy (non-hydrogen) atoms. The third-order valence-electron chi connectivity index (χ3n) is 4.42. The average molecular weight is 351 g/mol. The van der Waals surface area contributed by atoms with E-state index < -0.39 is 5.91 Å². The summed E-state index contributed by atoms with van der Waals surface area (Å²) in [5, 5.41) is 3.93. The topological polar surface area (TPSA) is 85.0 Å². The number of nitrogens with zero attached hydrogens (tertiary/aromatic N) is 2. The summed E-state index contributed by atoms with van der Waals surface area (Å²) in [5.41, 5.74) is 8.76. The average Bonchev–Trinajstić information content (AvgIpc) is 3.04. The number of benzene rings is 2. The van der Waals surface area contributed by atoms with Crippen LogP contribution in [-0.2, 0) is 9.63 Å². The quantitative estimate of drug-likeness (QED) is 0.840. The minimum absolute atomic E-state index is 0.108. The Morgan fingerprint density at radius 2 is 1.77 bits per heavy atom. The Morgan fingerprint density at radius 3 is 2.38 bits per heavy atom. The molecule has 1 heterocycles. The molecule has 2 N–H and O–H groups in total. The number of hydrogen-bond donors (Lipinski definition) is 1. The highest BCUT2D eigenvalue weighted by Gasteiger charge is 2.34. The van der Waals surface area contributed by atoms with Gasteiger partial charge in [0.1, 0.15) is 7.11 Å². The maximum Gasteiger partial charge on any atom is 0.254 e. The fourth-order valence-corrected chi connectivity index (χ4v) is 3.22. The van der Waals surface area contributed by atoms with Crippen molar-refractivity contribution in [3.05, 3.63) is 60.2 Å². The molecule has 0 unspecified atom stereocenters. The maximum atomic E-state index is 12.9. The fraction of sp³-hybridized carbons (Fsp3) is 0.250. The number of rotatable bonds is 5. The van der Waals surface area contributed by atoms with Crippen LogP contribution in [0.2, 0.25) is 0 Å². The Balaban J connectivity index is 1.80. The Morgan fingerprint density at radius 1 is 1.12 bits per heavy atom. The van der Waals surface area contributed by atoms with Crippen molar-refractivity contribution in [2.45, 2.75) is 18.9 Å². The molecule has 2 amide bonds. The van der Waals surface area contributed by atoms with Gasteiger partial charge in [-0.25, -0.2) is 0 Å². The van der Waals surface area contributed by atoms with Crippen LogP contribution in [0.25, 0.3) is 11.1 Å². The van der Waals surface area contributed by atoms with Crippen molar-refractivity contribution >= 4 is 17.5 Å². The second-order valence-corrected chi connectivity index (χ2v) is 6.24. The molecule has 3 rings (SSSR count). The van der Waals surface area contributed by atoms with Gasteiger partial charge in [0.05, 0.1) is 12.3 Å². The van der Waals surface area contributed by atoms with E-state index in [4.69, 9.17) is 10.6 Å². The zero-order valence-electron chi connectivity index (χ0n) is 14.6. The van der Waals surface area contributed by atoms with Gasteiger partial charge in [0.2, 0.25) is 5.91 Å². The van der Waals surface area contributed by atoms with Crippen LogP contribution >= 0.6 is 0 Å². The third-order valence-corrected chi connectivity index (χ3v) is 4.42. The largest absolute Gasteiger partial charge is 0.399 e. The van der Waals surface area contributed by atoms with Crippen LogP contribution < -0.4 is 5.73 Å². The first-order chi connectivity index (χ1) is 12.6. The van der Waals surface area contributed by atoms with Crippen molar-refractivity contribution in [2.75, 3.05) is 13.7 Å². The number of amides is 2. The van der Waals surface area contributed by atoms with Gasteiger partial charge in [-0.05, 0) is 23.3 Å². The molecule has 2 aromatic carbocycles. The summed E-state index contributed by atoms with van der Waals surface area (Å²) in [6, 6.07) is 17.1. The van der Waals surface area contributed by atoms with Crippen molar-refractivity contribution in [1.29, 1.82) is 0 Å². The fourth-order valence-electron chi connectivity index (χ4n) is 3.22. The molecule has 1 aliphatic rings. The van der Waals surface area contributed by atoms with Crippen molar-refractivity contribution < 1.29 is 14.4 Å². The first-order valence-corrected chi connectivity index (χ1v) is 8.42. The predicted molar refractivity (Wildman–Crippen MR) is 99.6 cm³/mol. The zero-order valence-corrected chi connectivity index (χ0v) is 14.6. The number of oxime groups is 1. The maximum absolute atomic E-state index is 12.9. The molecule has 0 spiro atoms. The first-order valence-electron chi connectivity index (χ1n) is 8.42. The normalized spacial score (nSPS) is 18.1. The van der Waals surface area contributed by atoms with Crippen molar-refractivity contribution in [1.82, 2.24) is 4.90 Å². The molecule has 6 heteroatoms. The summed E-state index contributed by atoms with van der Waals surface area (Å²) in [6.45, 7) is 0.338. The van der Waals surface area contributed by atoms with E-state index in [0.29, 0.717) is 18.5 Å². The summed E-state index contributed by atoms with van der Waals surface area (Å²) < 4.78 is 0. The highest BCUT2D eigenvalue weighted by atomic mass is 16.6. The van der Waals surface area contributed by atoms with Crippen LogP contribution in [0.3, 0.4) is 0 Å². The van der Waals surface area contributed by atoms with Gasteiger partial charge in [-0.2, -0.15) is 0 Å². The van der Waals surface area contributed by atoms with E-state index in [2.05, 4.69) is 5.16 Å². The lowest BCUT2D eigenvalue weighted by Crippen LogP contribution is -2.38. The highest BCUT2D eigenvalue weighted by Crippen LogP contribution is 2.24. The monoisotopic (exact) mass is 351 g/mol. The molecule has 1 fully saturated rings. The van der Waals surface area contributed by atoms with Crippen LogP contribution in [-0.4, -0.2) is 42.1 Å². The lowest BCUT2D eigenvalue weighted by molar-refractivity contribution is -0.118. The second kappa shape index (κ2) is 7.82. The molecule has 0 aromatic heterocycles. The van der Waals surface area contributed by atoms with E-state index in [-0.39, 0.29) is 18.4 Å². The van der Waals surface area contributed by atoms with E-state index in [1.54, 1.807) is 17.0 Å². The van der Waals surface area contributed by atoms with Crippen LogP contribution in [0.4, 0.5) is 0 Å². The molecular weight excluding hydrogens is 330 g/mol. The number of carbonyl (C=O) groups is 2. The summed E-state index contributed by atoms with van der Waals surface area (Å²) in [7, 11) is 1.46. The van der Waals surface area contributed by atoms with E-state index in [0.717, 1.165) is 16.8 Å². The molecule has 1 aliphatic heterocycles. The number of primary amides is 1. The van der Waals surface area contributed by atoms with Crippen LogP contribution in [0.1, 0.15) is 23.2 Å². The molecule has 1 atom stereocenters. The van der Waals surface area contributed by atoms with E-state index in [1.165, 1.54) is 7.11 Å². The van der Waals surface area contributed by atoms with Gasteiger partial charge in [0, 0.05) is 24.4 Å². The van der Waals surface area contributed by atoms with Crippen molar-refractivity contribution in [3.8, 4) is 11.1 Å². The van der Waals surface area contributed by atoms with E-state index >= 15 is 0 Å². The van der Waals surface area contributed by atoms with E-state index in [9.17, 15) is 9.59 Å². The van der Waals surface area contributed by atoms with Gasteiger partial charge in [0.25, 0.3) is 5.91 Å². The van der Waals surface area contributed by atoms with Gasteiger partial charge in [0.15, 0.2) is 0 Å². The summed E-state index contributed by atoms with van der Waals surface area (Å²) >= 11 is 0. The first kappa shape index (κ1) is 17.7. The Hall–Kier alpha value is -3.15. The number of nitrogens with two attached hydrogens (primary N) is 1. The second-order valence-electron chi connectivity index (χ2n) is 6.24. The minimum Gasteiger partial charge on any atom is -0.399 e. The molecule has 0 saturated carbocycles. The van der Waals surface area contributed by atoms with Gasteiger partial charge < -0.3 is 15.5 Å². The molecule has 2 aromatic rings. The van der Waals surface area contributed by atoms with Gasteiger partial charge in [-0.15, -0.1) is 0 Å². The summed E-state index contributed by atoms with van der Waals surface area (Å²) in [5.74, 6) is -0.581. The van der Waals surface area contributed by atoms with E-state index in [1.807, 2.05) is 42.5 Å². The Labute approximate surface area is 152 Å². The minimum atomic E-state index is -0.439. The predicted octanol–water partition coefficient (Wildman–Crippen LogP) is 2.45. The molecule has 0 aliphatic carbocycles. The zero-order chi connectivity index (χ0) is 18.5.